The summed E-state index contributed by atoms with van der Waals surface area (Å²) in [6.45, 7) is -0.729. The summed E-state index contributed by atoms with van der Waals surface area (Å²) < 4.78 is 31.0. The van der Waals surface area contributed by atoms with Gasteiger partial charge in [0.25, 0.3) is 0 Å². The number of carboxylic acid groups (broad SMARTS) is 1. The molecular formula is C10H13NaO8S. The summed E-state index contributed by atoms with van der Waals surface area (Å²) >= 11 is 0.348. The maximum atomic E-state index is 10.9. The van der Waals surface area contributed by atoms with Gasteiger partial charge in [0.1, 0.15) is 6.10 Å². The number of hydrogen-bond donors (Lipinski definition) is 5. The van der Waals surface area contributed by atoms with Crippen LogP contribution in [0.4, 0.5) is 0 Å². The monoisotopic (exact) mass is 316 g/mol. The summed E-state index contributed by atoms with van der Waals surface area (Å²) in [6, 6.07) is 4.06. The molecule has 0 unspecified atom stereocenters. The molecule has 0 bridgehead atoms. The molecule has 0 aromatic heterocycles. The molecule has 0 aliphatic heterocycles. The van der Waals surface area contributed by atoms with Gasteiger partial charge in [-0.05, 0) is 0 Å². The Morgan fingerprint density at radius 3 is 2.00 bits per heavy atom. The van der Waals surface area contributed by atoms with E-state index in [1.165, 1.54) is 12.1 Å². The fourth-order valence-corrected chi connectivity index (χ4v) is 3.36. The average molecular weight is 316 g/mol. The van der Waals surface area contributed by atoms with Crippen molar-refractivity contribution < 1.29 is 38.2 Å². The van der Waals surface area contributed by atoms with Gasteiger partial charge in [-0.1, -0.05) is 0 Å². The zero-order valence-corrected chi connectivity index (χ0v) is 13.4. The van der Waals surface area contributed by atoms with Crippen LogP contribution in [0.2, 0.25) is 0 Å². The smallest absolute Gasteiger partial charge is 0.100 e. The van der Waals surface area contributed by atoms with Crippen molar-refractivity contribution in [2.75, 3.05) is 13.2 Å². The van der Waals surface area contributed by atoms with Crippen LogP contribution >= 0.6 is 0 Å². The number of rotatable bonds is 4. The van der Waals surface area contributed by atoms with E-state index in [1.807, 2.05) is 0 Å². The minimum Gasteiger partial charge on any atom is -0.394 e. The summed E-state index contributed by atoms with van der Waals surface area (Å²) in [5, 5.41) is 32.7. The van der Waals surface area contributed by atoms with E-state index >= 15 is 0 Å². The second kappa shape index (κ2) is 8.70. The van der Waals surface area contributed by atoms with E-state index in [0.29, 0.717) is 30.7 Å². The molecule has 0 heterocycles. The van der Waals surface area contributed by atoms with Crippen molar-refractivity contribution in [2.45, 2.75) is 11.0 Å². The molecule has 0 atom stereocenters. The zero-order valence-electron chi connectivity index (χ0n) is 10.6. The third-order valence-electron chi connectivity index (χ3n) is 2.12. The fourth-order valence-electron chi connectivity index (χ4n) is 1.22. The maximum absolute atomic E-state index is 10.9. The summed E-state index contributed by atoms with van der Waals surface area (Å²) in [7, 11) is -4.46. The molecule has 1 aromatic rings. The van der Waals surface area contributed by atoms with Crippen LogP contribution in [0.3, 0.4) is 0 Å². The third kappa shape index (κ3) is 6.29. The molecule has 0 amide bonds. The van der Waals surface area contributed by atoms with Gasteiger partial charge >= 0.3 is 98.4 Å². The predicted octanol–water partition coefficient (Wildman–Crippen LogP) is -2.24. The van der Waals surface area contributed by atoms with Gasteiger partial charge in [0.05, 0.1) is 13.2 Å². The fraction of sp³-hybridized carbons (Fsp3) is 0.300. The molecule has 0 fully saturated rings. The van der Waals surface area contributed by atoms with Crippen LogP contribution in [0.25, 0.3) is 0 Å². The number of hydrogen-bond acceptors (Lipinski definition) is 6. The van der Waals surface area contributed by atoms with Gasteiger partial charge in [0.2, 0.25) is 0 Å². The number of aliphatic hydroxyl groups excluding tert-OH is 3. The molecule has 0 spiro atoms. The molecule has 5 N–H and O–H groups in total. The van der Waals surface area contributed by atoms with Crippen molar-refractivity contribution in [1.29, 1.82) is 0 Å². The van der Waals surface area contributed by atoms with Crippen molar-refractivity contribution in [3.8, 4) is 0 Å². The van der Waals surface area contributed by atoms with Crippen molar-refractivity contribution >= 4 is 46.8 Å². The van der Waals surface area contributed by atoms with Crippen LogP contribution < -0.4 is 2.81 Å². The van der Waals surface area contributed by atoms with E-state index in [2.05, 4.69) is 0 Å². The van der Waals surface area contributed by atoms with Gasteiger partial charge in [-0.3, -0.25) is 0 Å². The van der Waals surface area contributed by atoms with Gasteiger partial charge in [-0.15, -0.1) is 0 Å². The normalized spacial score (nSPS) is 10.9. The first-order valence-electron chi connectivity index (χ1n) is 5.35. The van der Waals surface area contributed by atoms with E-state index in [-0.39, 0.29) is 18.8 Å². The first-order chi connectivity index (χ1) is 9.15. The Bertz CT molecular complexity index is 552. The summed E-state index contributed by atoms with van der Waals surface area (Å²) in [6.07, 6.45) is -0.954. The van der Waals surface area contributed by atoms with Crippen molar-refractivity contribution in [3.05, 3.63) is 23.8 Å². The first-order valence-corrected chi connectivity index (χ1v) is 7.79. The molecule has 0 radical (unpaired) electrons. The molecule has 0 aliphatic rings. The van der Waals surface area contributed by atoms with Crippen LogP contribution in [-0.4, -0.2) is 86.6 Å². The Kier molecular flexibility index (Phi) is 8.47. The Labute approximate surface area is 132 Å². The summed E-state index contributed by atoms with van der Waals surface area (Å²) in [5.74, 6) is -1.37. The van der Waals surface area contributed by atoms with Gasteiger partial charge in [-0.2, -0.15) is 0 Å². The molecule has 0 saturated carbocycles. The number of benzene rings is 1. The Morgan fingerprint density at radius 1 is 1.25 bits per heavy atom. The van der Waals surface area contributed by atoms with Gasteiger partial charge in [0, 0.05) is 0 Å². The molecule has 8 nitrogen and oxygen atoms in total. The van der Waals surface area contributed by atoms with Gasteiger partial charge in [0.15, 0.2) is 0 Å². The number of aromatic carboxylic acids is 1. The van der Waals surface area contributed by atoms with Crippen LogP contribution in [0.5, 0.6) is 0 Å². The molecule has 10 heteroatoms. The number of carbonyl (C=O) groups is 1. The van der Waals surface area contributed by atoms with Gasteiger partial charge in [-0.25, -0.2) is 0 Å². The van der Waals surface area contributed by atoms with Crippen molar-refractivity contribution in [2.24, 2.45) is 0 Å². The number of carboxylic acids is 1. The van der Waals surface area contributed by atoms with E-state index in [1.54, 1.807) is 0 Å². The summed E-state index contributed by atoms with van der Waals surface area (Å²) in [5.41, 5.74) is -0.389. The van der Waals surface area contributed by atoms with E-state index in [0.717, 1.165) is 6.07 Å². The zero-order chi connectivity index (χ0) is 15.9. The standard InChI is InChI=1S/C7H5O5S.C3H8O3.Na/c8-7(9)5-3-1-2-4-6(5)13(10,11)12;4-1-3(6)2-5;/h1-3H,(H,8,9)(H,10,11,12);3-6H,1-2H2;. The van der Waals surface area contributed by atoms with Crippen LogP contribution in [0.15, 0.2) is 23.1 Å². The predicted molar refractivity (Wildman–Crippen MR) is 68.8 cm³/mol. The van der Waals surface area contributed by atoms with Crippen molar-refractivity contribution in [1.82, 2.24) is 0 Å². The molecule has 20 heavy (non-hydrogen) atoms. The molecule has 1 aromatic carbocycles. The van der Waals surface area contributed by atoms with E-state index in [9.17, 15) is 13.2 Å². The van der Waals surface area contributed by atoms with Crippen molar-refractivity contribution in [3.63, 3.8) is 0 Å². The molecule has 108 valence electrons. The summed E-state index contributed by atoms with van der Waals surface area (Å²) in [4.78, 5) is 10.2. The van der Waals surface area contributed by atoms with Crippen LogP contribution in [0.1, 0.15) is 10.4 Å². The average Bonchev–Trinajstić information content (AvgIpc) is 2.36. The molecular weight excluding hydrogens is 303 g/mol. The SMILES string of the molecule is O=C(O)c1ccc[c]([Na])c1S(=O)(=O)O.OCC(O)CO. The Morgan fingerprint density at radius 2 is 1.75 bits per heavy atom. The number of aliphatic hydroxyl groups is 3. The minimum absolute atomic E-state index is 0.340. The minimum atomic E-state index is -4.46. The van der Waals surface area contributed by atoms with E-state index < -0.39 is 27.1 Å². The topological polar surface area (TPSA) is 152 Å². The van der Waals surface area contributed by atoms with Gasteiger partial charge < -0.3 is 15.3 Å². The third-order valence-corrected chi connectivity index (χ3v) is 4.38. The molecule has 0 aliphatic carbocycles. The van der Waals surface area contributed by atoms with E-state index in [4.69, 9.17) is 25.0 Å². The van der Waals surface area contributed by atoms with Crippen LogP contribution in [0, 0.1) is 0 Å². The maximum Gasteiger partial charge on any atom is 0.100 e. The molecule has 0 saturated heterocycles. The first kappa shape index (κ1) is 19.5. The molecule has 1 rings (SSSR count). The second-order valence-electron chi connectivity index (χ2n) is 3.75. The Balaban J connectivity index is 0.000000511. The Hall–Kier alpha value is -0.520. The second-order valence-corrected chi connectivity index (χ2v) is 6.19. The quantitative estimate of drug-likeness (QED) is 0.309. The van der Waals surface area contributed by atoms with Crippen LogP contribution in [-0.2, 0) is 10.1 Å². The largest absolute Gasteiger partial charge is 0.394 e.